The van der Waals surface area contributed by atoms with Crippen LogP contribution in [0.4, 0.5) is 4.39 Å². The van der Waals surface area contributed by atoms with Crippen molar-refractivity contribution in [2.75, 3.05) is 0 Å². The Labute approximate surface area is 169 Å². The van der Waals surface area contributed by atoms with E-state index >= 15 is 0 Å². The fourth-order valence-electron chi connectivity index (χ4n) is 3.36. The van der Waals surface area contributed by atoms with Gasteiger partial charge < -0.3 is 19.7 Å². The van der Waals surface area contributed by atoms with E-state index in [0.29, 0.717) is 20.4 Å². The van der Waals surface area contributed by atoms with Crippen molar-refractivity contribution in [1.82, 2.24) is 14.5 Å². The second kappa shape index (κ2) is 7.58. The number of carbonyl (C=O) groups is 1. The maximum atomic E-state index is 14.1. The predicted octanol–water partition coefficient (Wildman–Crippen LogP) is -0.793. The average Bonchev–Trinajstić information content (AvgIpc) is 3.18. The first-order valence-electron chi connectivity index (χ1n) is 7.30. The minimum Gasteiger partial charge on any atom is -0.870 e. The van der Waals surface area contributed by atoms with Gasteiger partial charge in [0, 0.05) is 33.5 Å². The third kappa shape index (κ3) is 3.16. The van der Waals surface area contributed by atoms with Gasteiger partial charge >= 0.3 is 18.9 Å². The molecule has 0 bridgehead atoms. The van der Waals surface area contributed by atoms with Crippen LogP contribution in [-0.4, -0.2) is 32.1 Å². The van der Waals surface area contributed by atoms with Crippen molar-refractivity contribution in [2.24, 2.45) is 0 Å². The van der Waals surface area contributed by atoms with Gasteiger partial charge in [-0.3, -0.25) is 4.79 Å². The molecule has 1 amide bonds. The summed E-state index contributed by atoms with van der Waals surface area (Å²) in [6, 6.07) is 2.16. The van der Waals surface area contributed by atoms with Crippen molar-refractivity contribution in [2.45, 2.75) is 32.0 Å². The molecule has 1 unspecified atom stereocenters. The van der Waals surface area contributed by atoms with Gasteiger partial charge in [-0.25, -0.2) is 15.7 Å². The van der Waals surface area contributed by atoms with Gasteiger partial charge in [0.25, 0.3) is 5.91 Å². The molecule has 2 aromatic rings. The molecular formula is C16H13FILiN3O3-. The minimum absolute atomic E-state index is 0. The topological polar surface area (TPSA) is 85.2 Å². The first-order valence-corrected chi connectivity index (χ1v) is 8.38. The second-order valence-corrected chi connectivity index (χ2v) is 6.99. The molecule has 2 aliphatic heterocycles. The monoisotopic (exact) mass is 448 g/mol. The Balaban J connectivity index is 0.00000113. The zero-order chi connectivity index (χ0) is 16.1. The molecule has 0 radical (unpaired) electrons. The maximum Gasteiger partial charge on any atom is 1.00 e. The number of fused-ring (bicyclic) bond motifs is 2. The Morgan fingerprint density at radius 2 is 2.12 bits per heavy atom. The van der Waals surface area contributed by atoms with Gasteiger partial charge in [0.05, 0.1) is 12.0 Å². The number of aromatic nitrogens is 2. The van der Waals surface area contributed by atoms with Gasteiger partial charge in [0.15, 0.2) is 0 Å². The van der Waals surface area contributed by atoms with Crippen LogP contribution in [0.1, 0.15) is 39.8 Å². The van der Waals surface area contributed by atoms with Crippen LogP contribution in [0.15, 0.2) is 18.5 Å². The number of aryl methyl sites for hydroxylation is 1. The number of amides is 1. The first kappa shape index (κ1) is 20.1. The SMILES string of the molecule is O=[C-]C(c1ncn2c1CCC2)N1Cc2c(F)cc(I)cc2C1=O.[Li+].[OH-]. The summed E-state index contributed by atoms with van der Waals surface area (Å²) in [6.07, 6.45) is 5.45. The number of imidazole rings is 1. The summed E-state index contributed by atoms with van der Waals surface area (Å²) < 4.78 is 16.8. The van der Waals surface area contributed by atoms with Gasteiger partial charge in [0.1, 0.15) is 5.82 Å². The number of halogens is 2. The van der Waals surface area contributed by atoms with Gasteiger partial charge in [-0.1, -0.05) is 0 Å². The van der Waals surface area contributed by atoms with Crippen LogP contribution in [0.5, 0.6) is 0 Å². The molecule has 0 spiro atoms. The van der Waals surface area contributed by atoms with Gasteiger partial charge in [-0.05, 0) is 53.6 Å². The van der Waals surface area contributed by atoms with Crippen LogP contribution in [0.25, 0.3) is 0 Å². The molecular weight excluding hydrogens is 435 g/mol. The van der Waals surface area contributed by atoms with Crippen molar-refractivity contribution in [1.29, 1.82) is 0 Å². The smallest absolute Gasteiger partial charge is 0.870 e. The Bertz CT molecular complexity index is 842. The zero-order valence-corrected chi connectivity index (χ0v) is 15.7. The fourth-order valence-corrected chi connectivity index (χ4v) is 3.95. The average molecular weight is 448 g/mol. The summed E-state index contributed by atoms with van der Waals surface area (Å²) in [7, 11) is 0. The van der Waals surface area contributed by atoms with Crippen LogP contribution >= 0.6 is 22.6 Å². The number of carbonyl (C=O) groups excluding carboxylic acids is 2. The van der Waals surface area contributed by atoms with Crippen molar-refractivity contribution in [3.05, 3.63) is 50.4 Å². The van der Waals surface area contributed by atoms with Crippen LogP contribution in [0.2, 0.25) is 0 Å². The molecule has 4 rings (SSSR count). The molecule has 0 fully saturated rings. The van der Waals surface area contributed by atoms with Crippen LogP contribution < -0.4 is 18.9 Å². The minimum atomic E-state index is -0.888. The van der Waals surface area contributed by atoms with E-state index in [-0.39, 0.29) is 36.8 Å². The molecule has 9 heteroatoms. The number of hydrogen-bond donors (Lipinski definition) is 0. The fraction of sp³-hybridized carbons (Fsp3) is 0.312. The Morgan fingerprint density at radius 3 is 2.84 bits per heavy atom. The number of benzene rings is 1. The molecule has 1 atom stereocenters. The predicted molar refractivity (Wildman–Crippen MR) is 89.9 cm³/mol. The molecule has 1 aromatic heterocycles. The molecule has 0 aliphatic carbocycles. The molecule has 1 N–H and O–H groups in total. The summed E-state index contributed by atoms with van der Waals surface area (Å²) in [6.45, 7) is 0.942. The van der Waals surface area contributed by atoms with Crippen molar-refractivity contribution in [3.63, 3.8) is 0 Å². The van der Waals surface area contributed by atoms with E-state index in [4.69, 9.17) is 0 Å². The third-order valence-corrected chi connectivity index (χ3v) is 5.08. The van der Waals surface area contributed by atoms with E-state index in [0.717, 1.165) is 25.1 Å². The van der Waals surface area contributed by atoms with E-state index in [1.165, 1.54) is 11.0 Å². The van der Waals surface area contributed by atoms with Crippen molar-refractivity contribution < 1.29 is 38.3 Å². The largest absolute Gasteiger partial charge is 1.00 e. The van der Waals surface area contributed by atoms with Crippen LogP contribution in [0, 0.1) is 9.39 Å². The third-order valence-electron chi connectivity index (χ3n) is 4.45. The Hall–Kier alpha value is -1.21. The Morgan fingerprint density at radius 1 is 1.36 bits per heavy atom. The summed E-state index contributed by atoms with van der Waals surface area (Å²) in [5, 5.41) is 0. The standard InChI is InChI=1S/C16H12FIN3O2.Li.H2O/c17-12-5-9(18)4-10-11(12)6-21(16(10)23)14(7-22)15-13-2-1-3-20(13)8-19-15;;/h4-5,8,14H,1-3,6H2;;1H2/q-1;+1;/p-1. The first-order chi connectivity index (χ1) is 11.1. The van der Waals surface area contributed by atoms with Gasteiger partial charge in [-0.15, -0.1) is 0 Å². The normalized spacial score (nSPS) is 15.9. The molecule has 126 valence electrons. The summed E-state index contributed by atoms with van der Waals surface area (Å²) >= 11 is 1.97. The summed E-state index contributed by atoms with van der Waals surface area (Å²) in [5.41, 5.74) is 2.20. The molecule has 0 saturated heterocycles. The van der Waals surface area contributed by atoms with Crippen LogP contribution in [-0.2, 0) is 24.3 Å². The summed E-state index contributed by atoms with van der Waals surface area (Å²) in [4.78, 5) is 29.9. The molecule has 2 aliphatic rings. The molecule has 3 heterocycles. The van der Waals surface area contributed by atoms with Crippen molar-refractivity contribution >= 4 is 34.8 Å². The number of nitrogens with zero attached hydrogens (tertiary/aromatic N) is 3. The molecule has 0 saturated carbocycles. The molecule has 25 heavy (non-hydrogen) atoms. The number of hydrogen-bond acceptors (Lipinski definition) is 4. The maximum absolute atomic E-state index is 14.1. The van der Waals surface area contributed by atoms with E-state index < -0.39 is 11.9 Å². The molecule has 6 nitrogen and oxygen atoms in total. The van der Waals surface area contributed by atoms with Gasteiger partial charge in [-0.2, -0.15) is 0 Å². The van der Waals surface area contributed by atoms with E-state index in [1.54, 1.807) is 12.4 Å². The van der Waals surface area contributed by atoms with Crippen LogP contribution in [0.3, 0.4) is 0 Å². The molecule has 1 aromatic carbocycles. The second-order valence-electron chi connectivity index (χ2n) is 5.74. The quantitative estimate of drug-likeness (QED) is 0.350. The van der Waals surface area contributed by atoms with E-state index in [2.05, 4.69) is 4.98 Å². The zero-order valence-electron chi connectivity index (χ0n) is 13.5. The van der Waals surface area contributed by atoms with Gasteiger partial charge in [0.2, 0.25) is 0 Å². The van der Waals surface area contributed by atoms with E-state index in [9.17, 15) is 14.0 Å². The van der Waals surface area contributed by atoms with Crippen molar-refractivity contribution in [3.8, 4) is 0 Å². The Kier molecular flexibility index (Phi) is 6.09. The summed E-state index contributed by atoms with van der Waals surface area (Å²) in [5.74, 6) is -0.756. The number of rotatable bonds is 3. The van der Waals surface area contributed by atoms with E-state index in [1.807, 2.05) is 33.4 Å².